The number of nitrogens with zero attached hydrogens (tertiary/aromatic N) is 1. The summed E-state index contributed by atoms with van der Waals surface area (Å²) in [5, 5.41) is 3.33. The monoisotopic (exact) mass is 242 g/mol. The Bertz CT molecular complexity index is 181. The minimum atomic E-state index is 0.472. The summed E-state index contributed by atoms with van der Waals surface area (Å²) < 4.78 is 5.91. The van der Waals surface area contributed by atoms with Crippen LogP contribution in [0.1, 0.15) is 46.0 Å². The Morgan fingerprint density at radius 3 is 2.82 bits per heavy atom. The second kappa shape index (κ2) is 8.90. The van der Waals surface area contributed by atoms with Crippen molar-refractivity contribution in [2.75, 3.05) is 33.3 Å². The van der Waals surface area contributed by atoms with Crippen LogP contribution in [-0.4, -0.2) is 50.3 Å². The van der Waals surface area contributed by atoms with Gasteiger partial charge in [0.15, 0.2) is 0 Å². The highest BCUT2D eigenvalue weighted by atomic mass is 16.5. The number of likely N-dealkylation sites (N-methyl/N-ethyl adjacent to an activating group) is 1. The van der Waals surface area contributed by atoms with Crippen LogP contribution >= 0.6 is 0 Å². The number of piperidine rings is 1. The zero-order valence-corrected chi connectivity index (χ0v) is 11.9. The summed E-state index contributed by atoms with van der Waals surface area (Å²) in [6, 6.07) is 0.693. The Labute approximate surface area is 107 Å². The van der Waals surface area contributed by atoms with E-state index in [1.165, 1.54) is 32.2 Å². The van der Waals surface area contributed by atoms with Crippen molar-refractivity contribution >= 4 is 0 Å². The highest BCUT2D eigenvalue weighted by Crippen LogP contribution is 2.18. The Hall–Kier alpha value is -0.120. The van der Waals surface area contributed by atoms with E-state index in [2.05, 4.69) is 31.1 Å². The molecule has 1 heterocycles. The molecular formula is C14H30N2O. The maximum absolute atomic E-state index is 5.91. The maximum Gasteiger partial charge on any atom is 0.0702 e. The summed E-state index contributed by atoms with van der Waals surface area (Å²) in [7, 11) is 2.05. The van der Waals surface area contributed by atoms with Crippen LogP contribution in [-0.2, 0) is 4.74 Å². The van der Waals surface area contributed by atoms with Gasteiger partial charge in [0.1, 0.15) is 0 Å². The summed E-state index contributed by atoms with van der Waals surface area (Å²) in [6.07, 6.45) is 6.70. The highest BCUT2D eigenvalue weighted by molar-refractivity contribution is 4.80. The molecule has 1 aliphatic heterocycles. The van der Waals surface area contributed by atoms with Gasteiger partial charge in [-0.2, -0.15) is 0 Å². The van der Waals surface area contributed by atoms with E-state index in [-0.39, 0.29) is 0 Å². The number of likely N-dealkylation sites (tertiary alicyclic amines) is 1. The standard InChI is InChI=1S/C14H30N2O/c1-4-7-13(11-15-3)16-9-6-8-14(12-16)17-10-5-2/h13-15H,4-12H2,1-3H3. The predicted molar refractivity (Wildman–Crippen MR) is 73.5 cm³/mol. The second-order valence-electron chi connectivity index (χ2n) is 5.13. The molecule has 0 spiro atoms. The second-order valence-corrected chi connectivity index (χ2v) is 5.13. The third-order valence-electron chi connectivity index (χ3n) is 3.55. The maximum atomic E-state index is 5.91. The van der Waals surface area contributed by atoms with E-state index in [0.717, 1.165) is 26.1 Å². The topological polar surface area (TPSA) is 24.5 Å². The molecule has 102 valence electrons. The van der Waals surface area contributed by atoms with Gasteiger partial charge >= 0.3 is 0 Å². The van der Waals surface area contributed by atoms with E-state index >= 15 is 0 Å². The quantitative estimate of drug-likeness (QED) is 0.706. The van der Waals surface area contributed by atoms with Crippen LogP contribution in [0.2, 0.25) is 0 Å². The van der Waals surface area contributed by atoms with Crippen molar-refractivity contribution < 1.29 is 4.74 Å². The SMILES string of the molecule is CCCOC1CCCN(C(CCC)CNC)C1. The van der Waals surface area contributed by atoms with Gasteiger partial charge in [0.25, 0.3) is 0 Å². The number of ether oxygens (including phenoxy) is 1. The van der Waals surface area contributed by atoms with Crippen LogP contribution < -0.4 is 5.32 Å². The molecule has 1 aliphatic rings. The zero-order valence-electron chi connectivity index (χ0n) is 11.9. The van der Waals surface area contributed by atoms with E-state index in [1.807, 2.05) is 0 Å². The molecule has 3 heteroatoms. The molecule has 0 aliphatic carbocycles. The molecule has 0 bridgehead atoms. The molecular weight excluding hydrogens is 212 g/mol. The van der Waals surface area contributed by atoms with E-state index in [9.17, 15) is 0 Å². The molecule has 1 saturated heterocycles. The molecule has 2 atom stereocenters. The first-order chi connectivity index (χ1) is 8.31. The van der Waals surface area contributed by atoms with Crippen molar-refractivity contribution in [2.45, 2.75) is 58.1 Å². The van der Waals surface area contributed by atoms with Gasteiger partial charge in [0, 0.05) is 25.7 Å². The van der Waals surface area contributed by atoms with Crippen LogP contribution in [0.4, 0.5) is 0 Å². The first-order valence-corrected chi connectivity index (χ1v) is 7.32. The zero-order chi connectivity index (χ0) is 12.5. The molecule has 17 heavy (non-hydrogen) atoms. The van der Waals surface area contributed by atoms with Crippen LogP contribution in [0.15, 0.2) is 0 Å². The van der Waals surface area contributed by atoms with E-state index in [4.69, 9.17) is 4.74 Å². The lowest BCUT2D eigenvalue weighted by Crippen LogP contribution is -2.48. The van der Waals surface area contributed by atoms with Gasteiger partial charge < -0.3 is 10.1 Å². The minimum absolute atomic E-state index is 0.472. The average Bonchev–Trinajstić information content (AvgIpc) is 2.36. The first-order valence-electron chi connectivity index (χ1n) is 7.32. The Morgan fingerprint density at radius 1 is 1.35 bits per heavy atom. The highest BCUT2D eigenvalue weighted by Gasteiger charge is 2.25. The van der Waals surface area contributed by atoms with Crippen LogP contribution in [0.25, 0.3) is 0 Å². The Balaban J connectivity index is 2.39. The largest absolute Gasteiger partial charge is 0.377 e. The minimum Gasteiger partial charge on any atom is -0.377 e. The first kappa shape index (κ1) is 14.9. The summed E-state index contributed by atoms with van der Waals surface area (Å²) in [4.78, 5) is 2.63. The fourth-order valence-corrected chi connectivity index (χ4v) is 2.70. The van der Waals surface area contributed by atoms with Crippen molar-refractivity contribution in [1.29, 1.82) is 0 Å². The van der Waals surface area contributed by atoms with Gasteiger partial charge in [-0.15, -0.1) is 0 Å². The summed E-state index contributed by atoms with van der Waals surface area (Å²) in [5.74, 6) is 0. The normalized spacial score (nSPS) is 23.8. The van der Waals surface area contributed by atoms with Crippen LogP contribution in [0.3, 0.4) is 0 Å². The number of nitrogens with one attached hydrogen (secondary N) is 1. The lowest BCUT2D eigenvalue weighted by molar-refractivity contribution is -0.0133. The van der Waals surface area contributed by atoms with Crippen molar-refractivity contribution in [2.24, 2.45) is 0 Å². The molecule has 3 nitrogen and oxygen atoms in total. The smallest absolute Gasteiger partial charge is 0.0702 e. The summed E-state index contributed by atoms with van der Waals surface area (Å²) in [5.41, 5.74) is 0. The fraction of sp³-hybridized carbons (Fsp3) is 1.00. The van der Waals surface area contributed by atoms with Gasteiger partial charge in [-0.05, 0) is 39.3 Å². The molecule has 1 fully saturated rings. The molecule has 2 unspecified atom stereocenters. The lowest BCUT2D eigenvalue weighted by Gasteiger charge is -2.38. The molecule has 0 radical (unpaired) electrons. The van der Waals surface area contributed by atoms with Crippen molar-refractivity contribution in [3.8, 4) is 0 Å². The molecule has 0 aromatic heterocycles. The molecule has 1 N–H and O–H groups in total. The van der Waals surface area contributed by atoms with E-state index < -0.39 is 0 Å². The van der Waals surface area contributed by atoms with E-state index in [0.29, 0.717) is 12.1 Å². The molecule has 0 aromatic carbocycles. The van der Waals surface area contributed by atoms with Gasteiger partial charge in [-0.3, -0.25) is 4.90 Å². The average molecular weight is 242 g/mol. The Kier molecular flexibility index (Phi) is 7.82. The van der Waals surface area contributed by atoms with Crippen molar-refractivity contribution in [3.63, 3.8) is 0 Å². The predicted octanol–water partition coefficient (Wildman–Crippen LogP) is 2.27. The third-order valence-corrected chi connectivity index (χ3v) is 3.55. The van der Waals surface area contributed by atoms with Crippen LogP contribution in [0.5, 0.6) is 0 Å². The third kappa shape index (κ3) is 5.36. The molecule has 0 saturated carbocycles. The molecule has 0 aromatic rings. The molecule has 1 rings (SSSR count). The van der Waals surface area contributed by atoms with E-state index in [1.54, 1.807) is 0 Å². The number of hydrogen-bond acceptors (Lipinski definition) is 3. The molecule has 0 amide bonds. The fourth-order valence-electron chi connectivity index (χ4n) is 2.70. The number of hydrogen-bond donors (Lipinski definition) is 1. The number of rotatable bonds is 8. The van der Waals surface area contributed by atoms with Gasteiger partial charge in [-0.25, -0.2) is 0 Å². The van der Waals surface area contributed by atoms with Gasteiger partial charge in [0.2, 0.25) is 0 Å². The van der Waals surface area contributed by atoms with Crippen molar-refractivity contribution in [1.82, 2.24) is 10.2 Å². The summed E-state index contributed by atoms with van der Waals surface area (Å²) >= 11 is 0. The van der Waals surface area contributed by atoms with Crippen molar-refractivity contribution in [3.05, 3.63) is 0 Å². The van der Waals surface area contributed by atoms with Gasteiger partial charge in [0.05, 0.1) is 6.10 Å². The summed E-state index contributed by atoms with van der Waals surface area (Å²) in [6.45, 7) is 8.86. The van der Waals surface area contributed by atoms with Crippen LogP contribution in [0, 0.1) is 0 Å². The van der Waals surface area contributed by atoms with Gasteiger partial charge in [-0.1, -0.05) is 20.3 Å². The Morgan fingerprint density at radius 2 is 2.18 bits per heavy atom. The lowest BCUT2D eigenvalue weighted by atomic mass is 10.0.